The topological polar surface area (TPSA) is 75.3 Å². The van der Waals surface area contributed by atoms with Crippen LogP contribution in [0, 0.1) is 0 Å². The van der Waals surface area contributed by atoms with Crippen LogP contribution in [0.5, 0.6) is 0 Å². The monoisotopic (exact) mass is 392 g/mol. The number of carbonyl (C=O) groups excluding carboxylic acids is 1. The van der Waals surface area contributed by atoms with Crippen molar-refractivity contribution in [1.82, 2.24) is 0 Å². The van der Waals surface area contributed by atoms with E-state index in [0.29, 0.717) is 12.2 Å². The van der Waals surface area contributed by atoms with E-state index in [-0.39, 0.29) is 17.2 Å². The minimum atomic E-state index is -3.53. The predicted octanol–water partition coefficient (Wildman–Crippen LogP) is 2.88. The van der Waals surface area contributed by atoms with Crippen LogP contribution in [-0.4, -0.2) is 20.9 Å². The van der Waals surface area contributed by atoms with Crippen molar-refractivity contribution in [2.75, 3.05) is 17.2 Å². The molecular weight excluding hydrogens is 380 g/mol. The summed E-state index contributed by atoms with van der Waals surface area (Å²) >= 11 is 3.39. The van der Waals surface area contributed by atoms with E-state index in [1.807, 2.05) is 18.2 Å². The maximum absolute atomic E-state index is 13.0. The molecule has 1 unspecified atom stereocenters. The number of halogens is 1. The van der Waals surface area contributed by atoms with Gasteiger partial charge in [0.15, 0.2) is 9.84 Å². The van der Waals surface area contributed by atoms with Crippen molar-refractivity contribution in [2.45, 2.75) is 16.6 Å². The summed E-state index contributed by atoms with van der Waals surface area (Å²) in [6.45, 7) is 0.350. The summed E-state index contributed by atoms with van der Waals surface area (Å²) in [7, 11) is -3.53. The summed E-state index contributed by atoms with van der Waals surface area (Å²) in [4.78, 5) is 11.7. The van der Waals surface area contributed by atoms with Gasteiger partial charge in [-0.2, -0.15) is 0 Å². The number of benzene rings is 2. The molecule has 7 heteroatoms. The van der Waals surface area contributed by atoms with Gasteiger partial charge in [-0.05, 0) is 47.5 Å². The smallest absolute Gasteiger partial charge is 0.228 e. The molecule has 2 aliphatic heterocycles. The maximum Gasteiger partial charge on any atom is 0.228 e. The van der Waals surface area contributed by atoms with Gasteiger partial charge >= 0.3 is 0 Å². The molecule has 4 rings (SSSR count). The van der Waals surface area contributed by atoms with Crippen LogP contribution in [0.25, 0.3) is 0 Å². The van der Waals surface area contributed by atoms with Gasteiger partial charge in [-0.25, -0.2) is 8.42 Å². The first-order valence-electron chi connectivity index (χ1n) is 7.15. The van der Waals surface area contributed by atoms with Crippen LogP contribution in [0.15, 0.2) is 45.8 Å². The molecule has 5 nitrogen and oxygen atoms in total. The average Bonchev–Trinajstić information content (AvgIpc) is 3.08. The minimum absolute atomic E-state index is 0.105. The molecule has 0 saturated carbocycles. The minimum Gasteiger partial charge on any atom is -0.383 e. The molecule has 0 fully saturated rings. The Hall–Kier alpha value is -1.86. The Balaban J connectivity index is 1.77. The lowest BCUT2D eigenvalue weighted by Gasteiger charge is -2.13. The number of anilines is 2. The van der Waals surface area contributed by atoms with Crippen LogP contribution in [-0.2, 0) is 21.1 Å². The summed E-state index contributed by atoms with van der Waals surface area (Å²) in [5.41, 5.74) is 3.05. The van der Waals surface area contributed by atoms with Gasteiger partial charge < -0.3 is 10.6 Å². The third kappa shape index (κ3) is 2.35. The van der Waals surface area contributed by atoms with Gasteiger partial charge in [0.25, 0.3) is 0 Å². The molecule has 2 heterocycles. The molecular formula is C16H13BrN2O3S. The standard InChI is InChI=1S/C16H13BrN2O3S/c17-10-1-3-14-12(7-10)15(8-18-14)23(21,22)11-2-4-13-9(5-11)6-16(20)19-13/h1-5,7,15,18H,6,8H2,(H,19,20). The van der Waals surface area contributed by atoms with Crippen LogP contribution >= 0.6 is 15.9 Å². The number of hydrogen-bond donors (Lipinski definition) is 2. The molecule has 2 aliphatic rings. The molecule has 1 atom stereocenters. The Morgan fingerprint density at radius 3 is 2.70 bits per heavy atom. The lowest BCUT2D eigenvalue weighted by Crippen LogP contribution is -2.15. The second-order valence-corrected chi connectivity index (χ2v) is 8.74. The summed E-state index contributed by atoms with van der Waals surface area (Å²) < 4.78 is 26.9. The van der Waals surface area contributed by atoms with Gasteiger partial charge in [-0.15, -0.1) is 0 Å². The summed E-state index contributed by atoms with van der Waals surface area (Å²) in [5.74, 6) is -0.105. The SMILES string of the molecule is O=C1Cc2cc(S(=O)(=O)C3CNc4ccc(Br)cc43)ccc2N1. The number of rotatable bonds is 2. The van der Waals surface area contributed by atoms with E-state index in [1.54, 1.807) is 18.2 Å². The first kappa shape index (κ1) is 14.7. The lowest BCUT2D eigenvalue weighted by molar-refractivity contribution is -0.115. The second kappa shape index (κ2) is 5.07. The quantitative estimate of drug-likeness (QED) is 0.823. The highest BCUT2D eigenvalue weighted by Crippen LogP contribution is 2.40. The third-order valence-corrected chi connectivity index (χ3v) is 6.82. The highest BCUT2D eigenvalue weighted by atomic mass is 79.9. The van der Waals surface area contributed by atoms with Gasteiger partial charge in [-0.1, -0.05) is 15.9 Å². The number of hydrogen-bond acceptors (Lipinski definition) is 4. The van der Waals surface area contributed by atoms with Crippen LogP contribution in [0.3, 0.4) is 0 Å². The Labute approximate surface area is 142 Å². The van der Waals surface area contributed by atoms with Crippen molar-refractivity contribution in [3.8, 4) is 0 Å². The van der Waals surface area contributed by atoms with E-state index in [4.69, 9.17) is 0 Å². The first-order chi connectivity index (χ1) is 10.9. The molecule has 23 heavy (non-hydrogen) atoms. The highest BCUT2D eigenvalue weighted by molar-refractivity contribution is 9.10. The Kier molecular flexibility index (Phi) is 3.24. The zero-order chi connectivity index (χ0) is 16.2. The van der Waals surface area contributed by atoms with Crippen LogP contribution in [0.1, 0.15) is 16.4 Å². The van der Waals surface area contributed by atoms with Crippen molar-refractivity contribution >= 4 is 43.0 Å². The molecule has 0 bridgehead atoms. The number of amides is 1. The zero-order valence-electron chi connectivity index (χ0n) is 12.0. The molecule has 2 aromatic carbocycles. The Morgan fingerprint density at radius 1 is 1.09 bits per heavy atom. The maximum atomic E-state index is 13.0. The van der Waals surface area contributed by atoms with Gasteiger partial charge in [0.05, 0.1) is 11.3 Å². The van der Waals surface area contributed by atoms with E-state index in [1.165, 1.54) is 0 Å². The van der Waals surface area contributed by atoms with Crippen LogP contribution < -0.4 is 10.6 Å². The summed E-state index contributed by atoms with van der Waals surface area (Å²) in [5, 5.41) is 5.24. The average molecular weight is 393 g/mol. The summed E-state index contributed by atoms with van der Waals surface area (Å²) in [6, 6.07) is 10.4. The molecule has 118 valence electrons. The molecule has 0 spiro atoms. The van der Waals surface area contributed by atoms with Crippen molar-refractivity contribution < 1.29 is 13.2 Å². The van der Waals surface area contributed by atoms with E-state index in [9.17, 15) is 13.2 Å². The first-order valence-corrected chi connectivity index (χ1v) is 9.49. The van der Waals surface area contributed by atoms with E-state index < -0.39 is 15.1 Å². The fourth-order valence-electron chi connectivity index (χ4n) is 3.10. The summed E-state index contributed by atoms with van der Waals surface area (Å²) in [6.07, 6.45) is 0.226. The fourth-order valence-corrected chi connectivity index (χ4v) is 5.20. The number of nitrogens with one attached hydrogen (secondary N) is 2. The highest BCUT2D eigenvalue weighted by Gasteiger charge is 2.35. The molecule has 2 N–H and O–H groups in total. The molecule has 2 aromatic rings. The predicted molar refractivity (Wildman–Crippen MR) is 91.3 cm³/mol. The van der Waals surface area contributed by atoms with Crippen LogP contribution in [0.4, 0.5) is 11.4 Å². The number of carbonyl (C=O) groups is 1. The lowest BCUT2D eigenvalue weighted by atomic mass is 10.2. The Bertz CT molecular complexity index is 940. The molecule has 0 radical (unpaired) electrons. The Morgan fingerprint density at radius 2 is 1.87 bits per heavy atom. The van der Waals surface area contributed by atoms with E-state index >= 15 is 0 Å². The molecule has 0 aromatic heterocycles. The van der Waals surface area contributed by atoms with Gasteiger partial charge in [0.2, 0.25) is 5.91 Å². The number of fused-ring (bicyclic) bond motifs is 2. The van der Waals surface area contributed by atoms with Gasteiger partial charge in [-0.3, -0.25) is 4.79 Å². The molecule has 0 saturated heterocycles. The largest absolute Gasteiger partial charge is 0.383 e. The fraction of sp³-hybridized carbons (Fsp3) is 0.188. The zero-order valence-corrected chi connectivity index (χ0v) is 14.4. The van der Waals surface area contributed by atoms with Crippen molar-refractivity contribution in [1.29, 1.82) is 0 Å². The molecule has 0 aliphatic carbocycles. The van der Waals surface area contributed by atoms with Crippen molar-refractivity contribution in [3.63, 3.8) is 0 Å². The van der Waals surface area contributed by atoms with Crippen molar-refractivity contribution in [3.05, 3.63) is 52.0 Å². The molecule has 1 amide bonds. The van der Waals surface area contributed by atoms with Gasteiger partial charge in [0, 0.05) is 22.4 Å². The third-order valence-electron chi connectivity index (χ3n) is 4.24. The van der Waals surface area contributed by atoms with Gasteiger partial charge in [0.1, 0.15) is 5.25 Å². The normalized spacial score (nSPS) is 19.0. The van der Waals surface area contributed by atoms with Crippen LogP contribution in [0.2, 0.25) is 0 Å². The van der Waals surface area contributed by atoms with E-state index in [0.717, 1.165) is 21.3 Å². The number of sulfone groups is 1. The van der Waals surface area contributed by atoms with Crippen molar-refractivity contribution in [2.24, 2.45) is 0 Å². The van der Waals surface area contributed by atoms with E-state index in [2.05, 4.69) is 26.6 Å². The second-order valence-electron chi connectivity index (χ2n) is 5.69.